The molecular weight excluding hydrogens is 154 g/mol. The second-order valence-corrected chi connectivity index (χ2v) is 2.69. The quantitative estimate of drug-likeness (QED) is 0.622. The van der Waals surface area contributed by atoms with Crippen LogP contribution in [0.1, 0.15) is 6.92 Å². The molecule has 0 saturated heterocycles. The van der Waals surface area contributed by atoms with E-state index in [9.17, 15) is 4.79 Å². The number of hydrogen-bond acceptors (Lipinski definition) is 2. The van der Waals surface area contributed by atoms with Crippen LogP contribution in [0.5, 0.6) is 0 Å². The highest BCUT2D eigenvalue weighted by atomic mass is 35.5. The Labute approximate surface area is 65.6 Å². The van der Waals surface area contributed by atoms with E-state index in [1.807, 2.05) is 18.9 Å². The summed E-state index contributed by atoms with van der Waals surface area (Å²) in [4.78, 5) is 12.0. The number of carboxylic acids is 1. The van der Waals surface area contributed by atoms with Gasteiger partial charge in [-0.3, -0.25) is 4.79 Å². The van der Waals surface area contributed by atoms with Crippen LogP contribution in [0.15, 0.2) is 0 Å². The van der Waals surface area contributed by atoms with Gasteiger partial charge >= 0.3 is 5.97 Å². The number of nitrogens with zero attached hydrogens (tertiary/aromatic N) is 1. The van der Waals surface area contributed by atoms with Crippen molar-refractivity contribution in [2.24, 2.45) is 0 Å². The van der Waals surface area contributed by atoms with E-state index in [0.717, 1.165) is 6.54 Å². The smallest absolute Gasteiger partial charge is 0.322 e. The SMILES string of the molecule is CCN(C)CC(Cl)C(=O)O. The van der Waals surface area contributed by atoms with E-state index < -0.39 is 11.3 Å². The molecule has 0 rings (SSSR count). The van der Waals surface area contributed by atoms with Gasteiger partial charge in [0.1, 0.15) is 5.38 Å². The molecule has 60 valence electrons. The standard InChI is InChI=1S/C6H12ClNO2/c1-3-8(2)4-5(7)6(9)10/h5H,3-4H2,1-2H3,(H,9,10). The van der Waals surface area contributed by atoms with E-state index >= 15 is 0 Å². The van der Waals surface area contributed by atoms with E-state index in [1.54, 1.807) is 0 Å². The first-order valence-corrected chi connectivity index (χ1v) is 3.57. The summed E-state index contributed by atoms with van der Waals surface area (Å²) in [5, 5.41) is 7.58. The molecule has 0 aromatic rings. The molecule has 0 fully saturated rings. The number of halogens is 1. The topological polar surface area (TPSA) is 40.5 Å². The highest BCUT2D eigenvalue weighted by Gasteiger charge is 2.14. The van der Waals surface area contributed by atoms with E-state index in [0.29, 0.717) is 6.54 Å². The molecular formula is C6H12ClNO2. The number of rotatable bonds is 4. The fraction of sp³-hybridized carbons (Fsp3) is 0.833. The lowest BCUT2D eigenvalue weighted by Gasteiger charge is -2.14. The van der Waals surface area contributed by atoms with Crippen LogP contribution in [0.2, 0.25) is 0 Å². The fourth-order valence-electron chi connectivity index (χ4n) is 0.481. The first-order chi connectivity index (χ1) is 4.57. The minimum Gasteiger partial charge on any atom is -0.480 e. The van der Waals surface area contributed by atoms with E-state index in [4.69, 9.17) is 16.7 Å². The van der Waals surface area contributed by atoms with E-state index in [1.165, 1.54) is 0 Å². The van der Waals surface area contributed by atoms with Crippen molar-refractivity contribution in [2.75, 3.05) is 20.1 Å². The third kappa shape index (κ3) is 3.69. The Morgan fingerprint density at radius 2 is 2.30 bits per heavy atom. The van der Waals surface area contributed by atoms with Crippen LogP contribution < -0.4 is 0 Å². The second-order valence-electron chi connectivity index (χ2n) is 2.16. The molecule has 0 aliphatic carbocycles. The summed E-state index contributed by atoms with van der Waals surface area (Å²) in [5.41, 5.74) is 0. The molecule has 1 N–H and O–H groups in total. The first kappa shape index (κ1) is 9.72. The zero-order valence-electron chi connectivity index (χ0n) is 6.17. The van der Waals surface area contributed by atoms with Crippen molar-refractivity contribution in [1.29, 1.82) is 0 Å². The van der Waals surface area contributed by atoms with Gasteiger partial charge in [-0.05, 0) is 13.6 Å². The molecule has 0 saturated carbocycles. The Hall–Kier alpha value is -0.280. The number of aliphatic carboxylic acids is 1. The molecule has 0 aliphatic heterocycles. The van der Waals surface area contributed by atoms with Crippen LogP contribution in [0.4, 0.5) is 0 Å². The normalized spacial score (nSPS) is 13.6. The average molecular weight is 166 g/mol. The number of carboxylic acid groups (broad SMARTS) is 1. The summed E-state index contributed by atoms with van der Waals surface area (Å²) in [5.74, 6) is -0.957. The van der Waals surface area contributed by atoms with Crippen molar-refractivity contribution in [3.05, 3.63) is 0 Å². The lowest BCUT2D eigenvalue weighted by atomic mass is 10.4. The third-order valence-corrected chi connectivity index (χ3v) is 1.60. The van der Waals surface area contributed by atoms with Crippen LogP contribution in [-0.2, 0) is 4.79 Å². The maximum absolute atomic E-state index is 10.2. The number of hydrogen-bond donors (Lipinski definition) is 1. The van der Waals surface area contributed by atoms with Crippen molar-refractivity contribution in [3.63, 3.8) is 0 Å². The molecule has 3 nitrogen and oxygen atoms in total. The van der Waals surface area contributed by atoms with Crippen molar-refractivity contribution < 1.29 is 9.90 Å². The van der Waals surface area contributed by atoms with Gasteiger partial charge in [0.2, 0.25) is 0 Å². The van der Waals surface area contributed by atoms with Crippen LogP contribution in [0, 0.1) is 0 Å². The summed E-state index contributed by atoms with van der Waals surface area (Å²) >= 11 is 5.45. The van der Waals surface area contributed by atoms with E-state index in [-0.39, 0.29) is 0 Å². The third-order valence-electron chi connectivity index (χ3n) is 1.28. The Kier molecular flexibility index (Phi) is 4.40. The molecule has 4 heteroatoms. The van der Waals surface area contributed by atoms with Crippen LogP contribution in [0.3, 0.4) is 0 Å². The van der Waals surface area contributed by atoms with Gasteiger partial charge < -0.3 is 10.0 Å². The molecule has 0 spiro atoms. The van der Waals surface area contributed by atoms with Crippen LogP contribution in [0.25, 0.3) is 0 Å². The largest absolute Gasteiger partial charge is 0.480 e. The Morgan fingerprint density at radius 1 is 1.80 bits per heavy atom. The monoisotopic (exact) mass is 165 g/mol. The Morgan fingerprint density at radius 3 is 2.60 bits per heavy atom. The van der Waals surface area contributed by atoms with Gasteiger partial charge in [-0.15, -0.1) is 11.6 Å². The van der Waals surface area contributed by atoms with Gasteiger partial charge in [0.05, 0.1) is 0 Å². The van der Waals surface area contributed by atoms with E-state index in [2.05, 4.69) is 0 Å². The zero-order chi connectivity index (χ0) is 8.15. The summed E-state index contributed by atoms with van der Waals surface area (Å²) in [6.07, 6.45) is 0. The Balaban J connectivity index is 3.56. The van der Waals surface area contributed by atoms with Gasteiger partial charge in [0.15, 0.2) is 0 Å². The molecule has 0 radical (unpaired) electrons. The minimum atomic E-state index is -0.957. The van der Waals surface area contributed by atoms with Gasteiger partial charge in [0.25, 0.3) is 0 Å². The molecule has 0 bridgehead atoms. The molecule has 0 aromatic heterocycles. The van der Waals surface area contributed by atoms with Crippen LogP contribution >= 0.6 is 11.6 Å². The maximum Gasteiger partial charge on any atom is 0.322 e. The highest BCUT2D eigenvalue weighted by molar-refractivity contribution is 6.29. The van der Waals surface area contributed by atoms with Crippen LogP contribution in [-0.4, -0.2) is 41.5 Å². The van der Waals surface area contributed by atoms with Crippen molar-refractivity contribution in [3.8, 4) is 0 Å². The van der Waals surface area contributed by atoms with Gasteiger partial charge in [-0.25, -0.2) is 0 Å². The maximum atomic E-state index is 10.2. The fourth-order valence-corrected chi connectivity index (χ4v) is 0.716. The molecule has 0 aliphatic rings. The first-order valence-electron chi connectivity index (χ1n) is 3.13. The molecule has 1 unspecified atom stereocenters. The predicted molar refractivity (Wildman–Crippen MR) is 40.4 cm³/mol. The molecule has 0 aromatic carbocycles. The summed E-state index contributed by atoms with van der Waals surface area (Å²) in [7, 11) is 1.83. The molecule has 0 amide bonds. The molecule has 10 heavy (non-hydrogen) atoms. The van der Waals surface area contributed by atoms with Crippen molar-refractivity contribution >= 4 is 17.6 Å². The summed E-state index contributed by atoms with van der Waals surface area (Å²) in [6.45, 7) is 3.16. The van der Waals surface area contributed by atoms with Crippen molar-refractivity contribution in [1.82, 2.24) is 4.90 Å². The average Bonchev–Trinajstić information content (AvgIpc) is 1.87. The lowest BCUT2D eigenvalue weighted by Crippen LogP contribution is -2.30. The second kappa shape index (κ2) is 4.52. The Bertz CT molecular complexity index is 118. The summed E-state index contributed by atoms with van der Waals surface area (Å²) < 4.78 is 0. The van der Waals surface area contributed by atoms with Gasteiger partial charge in [0, 0.05) is 6.54 Å². The number of carbonyl (C=O) groups is 1. The minimum absolute atomic E-state index is 0.396. The lowest BCUT2D eigenvalue weighted by molar-refractivity contribution is -0.136. The van der Waals surface area contributed by atoms with Crippen molar-refractivity contribution in [2.45, 2.75) is 12.3 Å². The summed E-state index contributed by atoms with van der Waals surface area (Å²) in [6, 6.07) is 0. The molecule has 1 atom stereocenters. The van der Waals surface area contributed by atoms with Gasteiger partial charge in [-0.2, -0.15) is 0 Å². The predicted octanol–water partition coefficient (Wildman–Crippen LogP) is 0.630. The zero-order valence-corrected chi connectivity index (χ0v) is 6.93. The van der Waals surface area contributed by atoms with Gasteiger partial charge in [-0.1, -0.05) is 6.92 Å². The highest BCUT2D eigenvalue weighted by Crippen LogP contribution is 1.97. The molecule has 0 heterocycles. The number of alkyl halides is 1.